The molecule has 1 aromatic rings. The molecule has 1 atom stereocenters. The number of aryl methyl sites for hydroxylation is 1. The number of rotatable bonds is 3. The summed E-state index contributed by atoms with van der Waals surface area (Å²) in [5, 5.41) is 9.37. The van der Waals surface area contributed by atoms with Crippen LogP contribution in [0.3, 0.4) is 0 Å². The zero-order valence-corrected chi connectivity index (χ0v) is 10.4. The Morgan fingerprint density at radius 2 is 2.06 bits per heavy atom. The van der Waals surface area contributed by atoms with Crippen molar-refractivity contribution in [3.8, 4) is 0 Å². The lowest BCUT2D eigenvalue weighted by atomic mass is 9.74. The number of hydrogen-bond acceptors (Lipinski definition) is 1. The lowest BCUT2D eigenvalue weighted by Gasteiger charge is -2.32. The van der Waals surface area contributed by atoms with E-state index in [2.05, 4.69) is 38.1 Å². The highest BCUT2D eigenvalue weighted by Gasteiger charge is 2.26. The maximum absolute atomic E-state index is 9.37. The molecule has 0 fully saturated rings. The molecule has 1 heteroatoms. The molecule has 1 aliphatic rings. The van der Waals surface area contributed by atoms with Gasteiger partial charge in [-0.1, -0.05) is 38.1 Å². The summed E-state index contributed by atoms with van der Waals surface area (Å²) in [6.45, 7) is 4.60. The average molecular weight is 218 g/mol. The summed E-state index contributed by atoms with van der Waals surface area (Å²) in [4.78, 5) is 0. The Morgan fingerprint density at radius 1 is 1.31 bits per heavy atom. The van der Waals surface area contributed by atoms with Gasteiger partial charge in [0.15, 0.2) is 0 Å². The summed E-state index contributed by atoms with van der Waals surface area (Å²) < 4.78 is 0. The third kappa shape index (κ3) is 2.46. The van der Waals surface area contributed by atoms with Crippen LogP contribution in [0.25, 0.3) is 0 Å². The van der Waals surface area contributed by atoms with Gasteiger partial charge in [-0.2, -0.15) is 0 Å². The lowest BCUT2D eigenvalue weighted by Crippen LogP contribution is -2.22. The van der Waals surface area contributed by atoms with Gasteiger partial charge in [0.1, 0.15) is 0 Å². The normalized spacial score (nSPS) is 20.6. The molecule has 2 rings (SSSR count). The zero-order chi connectivity index (χ0) is 11.6. The van der Waals surface area contributed by atoms with E-state index in [4.69, 9.17) is 0 Å². The van der Waals surface area contributed by atoms with E-state index in [9.17, 15) is 5.11 Å². The van der Waals surface area contributed by atoms with Gasteiger partial charge in [0.2, 0.25) is 0 Å². The predicted octanol–water partition coefficient (Wildman–Crippen LogP) is 3.52. The van der Waals surface area contributed by atoms with Crippen molar-refractivity contribution in [3.63, 3.8) is 0 Å². The van der Waals surface area contributed by atoms with Gasteiger partial charge >= 0.3 is 0 Å². The molecule has 1 aromatic carbocycles. The molecule has 0 amide bonds. The summed E-state index contributed by atoms with van der Waals surface area (Å²) in [5.41, 5.74) is 3.09. The van der Waals surface area contributed by atoms with E-state index < -0.39 is 0 Å². The molecule has 1 nitrogen and oxygen atoms in total. The van der Waals surface area contributed by atoms with Gasteiger partial charge in [0.05, 0.1) is 0 Å². The standard InChI is InChI=1S/C15H22O/c1-15(2,11-16)10-13-8-5-7-12-6-3-4-9-14(12)13/h3-4,6,9,13,16H,5,7-8,10-11H2,1-2H3. The molecule has 0 heterocycles. The maximum atomic E-state index is 9.37. The van der Waals surface area contributed by atoms with E-state index in [1.165, 1.54) is 30.4 Å². The van der Waals surface area contributed by atoms with Crippen molar-refractivity contribution in [2.75, 3.05) is 6.61 Å². The lowest BCUT2D eigenvalue weighted by molar-refractivity contribution is 0.139. The highest BCUT2D eigenvalue weighted by Crippen LogP contribution is 2.39. The Kier molecular flexibility index (Phi) is 3.34. The second-order valence-electron chi connectivity index (χ2n) is 5.81. The van der Waals surface area contributed by atoms with Crippen LogP contribution in [0.4, 0.5) is 0 Å². The van der Waals surface area contributed by atoms with Crippen molar-refractivity contribution in [1.29, 1.82) is 0 Å². The summed E-state index contributed by atoms with van der Waals surface area (Å²) >= 11 is 0. The molecule has 0 aliphatic heterocycles. The second kappa shape index (κ2) is 4.58. The van der Waals surface area contributed by atoms with Crippen LogP contribution in [0.2, 0.25) is 0 Å². The van der Waals surface area contributed by atoms with Crippen LogP contribution >= 0.6 is 0 Å². The fraction of sp³-hybridized carbons (Fsp3) is 0.600. The largest absolute Gasteiger partial charge is 0.396 e. The van der Waals surface area contributed by atoms with Crippen molar-refractivity contribution in [3.05, 3.63) is 35.4 Å². The fourth-order valence-electron chi connectivity index (χ4n) is 2.80. The summed E-state index contributed by atoms with van der Waals surface area (Å²) in [6, 6.07) is 8.81. The Bertz CT molecular complexity index is 354. The first-order chi connectivity index (χ1) is 7.62. The minimum absolute atomic E-state index is 0.0507. The Morgan fingerprint density at radius 3 is 2.81 bits per heavy atom. The molecular formula is C15H22O. The van der Waals surface area contributed by atoms with Crippen molar-refractivity contribution < 1.29 is 5.11 Å². The van der Waals surface area contributed by atoms with E-state index in [1.54, 1.807) is 0 Å². The number of aliphatic hydroxyl groups excluding tert-OH is 1. The number of fused-ring (bicyclic) bond motifs is 1. The number of aliphatic hydroxyl groups is 1. The minimum atomic E-state index is 0.0507. The first-order valence-electron chi connectivity index (χ1n) is 6.31. The molecule has 0 saturated heterocycles. The molecule has 88 valence electrons. The van der Waals surface area contributed by atoms with E-state index in [0.29, 0.717) is 5.92 Å². The Labute approximate surface area is 98.5 Å². The van der Waals surface area contributed by atoms with Gasteiger partial charge in [-0.25, -0.2) is 0 Å². The molecule has 0 saturated carbocycles. The third-order valence-electron chi connectivity index (χ3n) is 3.72. The zero-order valence-electron chi connectivity index (χ0n) is 10.4. The van der Waals surface area contributed by atoms with Crippen LogP contribution < -0.4 is 0 Å². The van der Waals surface area contributed by atoms with Gasteiger partial charge in [0.25, 0.3) is 0 Å². The SMILES string of the molecule is CC(C)(CO)CC1CCCc2ccccc21. The number of hydrogen-bond donors (Lipinski definition) is 1. The molecule has 1 N–H and O–H groups in total. The smallest absolute Gasteiger partial charge is 0.0482 e. The predicted molar refractivity (Wildman–Crippen MR) is 67.6 cm³/mol. The number of benzene rings is 1. The van der Waals surface area contributed by atoms with Crippen LogP contribution in [0, 0.1) is 5.41 Å². The highest BCUT2D eigenvalue weighted by atomic mass is 16.3. The molecule has 1 unspecified atom stereocenters. The van der Waals surface area contributed by atoms with Crippen LogP contribution in [0.15, 0.2) is 24.3 Å². The monoisotopic (exact) mass is 218 g/mol. The van der Waals surface area contributed by atoms with Crippen molar-refractivity contribution in [1.82, 2.24) is 0 Å². The van der Waals surface area contributed by atoms with Gasteiger partial charge in [-0.3, -0.25) is 0 Å². The second-order valence-corrected chi connectivity index (χ2v) is 5.81. The van der Waals surface area contributed by atoms with E-state index in [1.807, 2.05) is 0 Å². The highest BCUT2D eigenvalue weighted by molar-refractivity contribution is 5.32. The van der Waals surface area contributed by atoms with Gasteiger partial charge < -0.3 is 5.11 Å². The minimum Gasteiger partial charge on any atom is -0.396 e. The van der Waals surface area contributed by atoms with Crippen LogP contribution in [0.5, 0.6) is 0 Å². The fourth-order valence-corrected chi connectivity index (χ4v) is 2.80. The van der Waals surface area contributed by atoms with Gasteiger partial charge in [0, 0.05) is 6.61 Å². The molecule has 16 heavy (non-hydrogen) atoms. The third-order valence-corrected chi connectivity index (χ3v) is 3.72. The van der Waals surface area contributed by atoms with Crippen LogP contribution in [0.1, 0.15) is 50.2 Å². The van der Waals surface area contributed by atoms with Crippen LogP contribution in [-0.4, -0.2) is 11.7 Å². The van der Waals surface area contributed by atoms with Crippen molar-refractivity contribution in [2.24, 2.45) is 5.41 Å². The quantitative estimate of drug-likeness (QED) is 0.823. The van der Waals surface area contributed by atoms with Gasteiger partial charge in [-0.05, 0) is 48.1 Å². The van der Waals surface area contributed by atoms with Gasteiger partial charge in [-0.15, -0.1) is 0 Å². The van der Waals surface area contributed by atoms with E-state index in [0.717, 1.165) is 6.42 Å². The summed E-state index contributed by atoms with van der Waals surface area (Å²) in [5.74, 6) is 0.645. The molecule has 0 spiro atoms. The Balaban J connectivity index is 2.19. The first-order valence-corrected chi connectivity index (χ1v) is 6.31. The first kappa shape index (κ1) is 11.7. The van der Waals surface area contributed by atoms with E-state index >= 15 is 0 Å². The van der Waals surface area contributed by atoms with Crippen molar-refractivity contribution in [2.45, 2.75) is 45.4 Å². The molecule has 1 aliphatic carbocycles. The summed E-state index contributed by atoms with van der Waals surface area (Å²) in [6.07, 6.45) is 4.90. The summed E-state index contributed by atoms with van der Waals surface area (Å²) in [7, 11) is 0. The maximum Gasteiger partial charge on any atom is 0.0482 e. The molecule has 0 aromatic heterocycles. The average Bonchev–Trinajstić information content (AvgIpc) is 2.29. The van der Waals surface area contributed by atoms with Crippen LogP contribution in [-0.2, 0) is 6.42 Å². The van der Waals surface area contributed by atoms with E-state index in [-0.39, 0.29) is 12.0 Å². The Hall–Kier alpha value is -0.820. The molecule has 0 bridgehead atoms. The molecular weight excluding hydrogens is 196 g/mol. The topological polar surface area (TPSA) is 20.2 Å². The van der Waals surface area contributed by atoms with Crippen molar-refractivity contribution >= 4 is 0 Å². The molecule has 0 radical (unpaired) electrons.